The number of hydrogen-bond donors (Lipinski definition) is 0. The van der Waals surface area contributed by atoms with E-state index in [1.807, 2.05) is 0 Å². The summed E-state index contributed by atoms with van der Waals surface area (Å²) in [5.74, 6) is 0. The molecule has 144 valence electrons. The number of nitrogens with zero attached hydrogens (tertiary/aromatic N) is 2. The molecule has 1 aliphatic rings. The van der Waals surface area contributed by atoms with E-state index in [1.165, 1.54) is 44.7 Å². The van der Waals surface area contributed by atoms with Gasteiger partial charge >= 0.3 is 0 Å². The number of fused-ring (bicyclic) bond motifs is 2. The average molecular weight is 482 g/mol. The molecule has 3 aromatic rings. The molecule has 3 heteroatoms. The predicted molar refractivity (Wildman–Crippen MR) is 116 cm³/mol. The van der Waals surface area contributed by atoms with E-state index in [-0.39, 0.29) is 24.0 Å². The molecule has 2 aromatic carbocycles. The third-order valence-electron chi connectivity index (χ3n) is 5.43. The van der Waals surface area contributed by atoms with Crippen LogP contribution in [0.1, 0.15) is 36.2 Å². The Kier molecular flexibility index (Phi) is 6.23. The highest BCUT2D eigenvalue weighted by Gasteiger charge is 2.19. The van der Waals surface area contributed by atoms with E-state index in [1.54, 1.807) is 0 Å². The van der Waals surface area contributed by atoms with E-state index in [0.717, 1.165) is 13.1 Å². The number of halogens is 1. The highest BCUT2D eigenvalue weighted by atomic mass is 127. The largest absolute Gasteiger partial charge is 1.00 e. The van der Waals surface area contributed by atoms with Crippen molar-refractivity contribution in [1.29, 1.82) is 0 Å². The second-order valence-electron chi connectivity index (χ2n) is 7.22. The topological polar surface area (TPSA) is 7.12 Å². The Morgan fingerprint density at radius 1 is 0.964 bits per heavy atom. The van der Waals surface area contributed by atoms with Crippen LogP contribution in [0.25, 0.3) is 23.1 Å². The molecule has 0 radical (unpaired) electrons. The summed E-state index contributed by atoms with van der Waals surface area (Å²) >= 11 is 0. The molecule has 0 spiro atoms. The van der Waals surface area contributed by atoms with Gasteiger partial charge in [0.15, 0.2) is 0 Å². The lowest BCUT2D eigenvalue weighted by molar-refractivity contribution is -0.669. The van der Waals surface area contributed by atoms with Crippen molar-refractivity contribution < 1.29 is 28.5 Å². The van der Waals surface area contributed by atoms with Crippen molar-refractivity contribution in [3.8, 4) is 0 Å². The molecule has 0 aliphatic carbocycles. The summed E-state index contributed by atoms with van der Waals surface area (Å²) in [6, 6.07) is 17.7. The van der Waals surface area contributed by atoms with Gasteiger partial charge in [-0.1, -0.05) is 29.8 Å². The average Bonchev–Trinajstić information content (AvgIpc) is 2.68. The molecule has 0 atom stereocenters. The second-order valence-corrected chi connectivity index (χ2v) is 7.22. The number of likely N-dealkylation sites (N-methyl/N-ethyl adjacent to an activating group) is 1. The van der Waals surface area contributed by atoms with Gasteiger partial charge in [0.2, 0.25) is 11.2 Å². The minimum atomic E-state index is 0. The normalized spacial score (nSPS) is 14.3. The van der Waals surface area contributed by atoms with Crippen molar-refractivity contribution in [2.24, 2.45) is 0 Å². The van der Waals surface area contributed by atoms with Gasteiger partial charge < -0.3 is 28.9 Å². The zero-order valence-electron chi connectivity index (χ0n) is 17.0. The van der Waals surface area contributed by atoms with Gasteiger partial charge in [0.25, 0.3) is 0 Å². The van der Waals surface area contributed by atoms with E-state index in [4.69, 9.17) is 0 Å². The summed E-state index contributed by atoms with van der Waals surface area (Å²) in [5.41, 5.74) is 9.02. The van der Waals surface area contributed by atoms with Crippen LogP contribution in [0.15, 0.2) is 60.3 Å². The third kappa shape index (κ3) is 3.60. The highest BCUT2D eigenvalue weighted by molar-refractivity contribution is 5.82. The number of rotatable bonds is 3. The van der Waals surface area contributed by atoms with Crippen molar-refractivity contribution in [1.82, 2.24) is 0 Å². The first-order chi connectivity index (χ1) is 13.1. The number of benzene rings is 2. The summed E-state index contributed by atoms with van der Waals surface area (Å²) < 4.78 is 2.42. The quantitative estimate of drug-likeness (QED) is 0.412. The van der Waals surface area contributed by atoms with E-state index < -0.39 is 0 Å². The SMILES string of the molecule is CCN1/C(=C/c2ccc3cccc(C)c3[n+]2CC)C=Cc2cc(C)ccc21.[I-]. The van der Waals surface area contributed by atoms with Gasteiger partial charge in [-0.05, 0) is 63.6 Å². The van der Waals surface area contributed by atoms with Gasteiger partial charge in [-0.15, -0.1) is 0 Å². The number of aryl methyl sites for hydroxylation is 3. The maximum absolute atomic E-state index is 2.42. The summed E-state index contributed by atoms with van der Waals surface area (Å²) in [7, 11) is 0. The number of para-hydroxylation sites is 1. The molecule has 28 heavy (non-hydrogen) atoms. The first-order valence-corrected chi connectivity index (χ1v) is 9.82. The van der Waals surface area contributed by atoms with E-state index >= 15 is 0 Å². The van der Waals surface area contributed by atoms with Gasteiger partial charge in [0.1, 0.15) is 6.54 Å². The first-order valence-electron chi connectivity index (χ1n) is 9.82. The molecule has 4 rings (SSSR count). The summed E-state index contributed by atoms with van der Waals surface area (Å²) in [6.07, 6.45) is 6.80. The van der Waals surface area contributed by atoms with Gasteiger partial charge in [-0.25, -0.2) is 0 Å². The van der Waals surface area contributed by atoms with Crippen LogP contribution in [0.2, 0.25) is 0 Å². The number of pyridine rings is 1. The van der Waals surface area contributed by atoms with E-state index in [9.17, 15) is 0 Å². The van der Waals surface area contributed by atoms with Crippen LogP contribution in [0.4, 0.5) is 5.69 Å². The number of hydrogen-bond acceptors (Lipinski definition) is 1. The third-order valence-corrected chi connectivity index (χ3v) is 5.43. The zero-order valence-corrected chi connectivity index (χ0v) is 19.2. The van der Waals surface area contributed by atoms with Crippen LogP contribution in [-0.2, 0) is 6.54 Å². The van der Waals surface area contributed by atoms with Crippen LogP contribution in [0.5, 0.6) is 0 Å². The Morgan fingerprint density at radius 2 is 1.79 bits per heavy atom. The molecule has 1 aliphatic heterocycles. The zero-order chi connectivity index (χ0) is 19.0. The second kappa shape index (κ2) is 8.48. The fourth-order valence-corrected chi connectivity index (χ4v) is 4.13. The molecule has 2 heterocycles. The molecule has 2 nitrogen and oxygen atoms in total. The molecular formula is C25H27IN2. The van der Waals surface area contributed by atoms with E-state index in [2.05, 4.69) is 104 Å². The molecular weight excluding hydrogens is 455 g/mol. The Labute approximate surface area is 185 Å². The Bertz CT molecular complexity index is 1080. The molecule has 0 bridgehead atoms. The van der Waals surface area contributed by atoms with Gasteiger partial charge in [-0.2, -0.15) is 4.57 Å². The maximum atomic E-state index is 2.42. The first kappa shape index (κ1) is 20.6. The standard InChI is InChI=1S/C25H27N2.HI/c1-5-26-22(14-12-21-16-18(3)10-15-24(21)26)17-23-13-11-20-9-7-8-19(4)25(20)27(23)6-2;/h7-17H,5-6H2,1-4H3;1H/q+1;/p-1. The minimum Gasteiger partial charge on any atom is -1.00 e. The monoisotopic (exact) mass is 482 g/mol. The molecule has 0 saturated carbocycles. The molecule has 1 aromatic heterocycles. The van der Waals surface area contributed by atoms with Crippen LogP contribution in [-0.4, -0.2) is 6.54 Å². The Hall–Kier alpha value is -2.14. The van der Waals surface area contributed by atoms with E-state index in [0.29, 0.717) is 0 Å². The lowest BCUT2D eigenvalue weighted by Gasteiger charge is -2.29. The van der Waals surface area contributed by atoms with Crippen LogP contribution in [0, 0.1) is 13.8 Å². The minimum absolute atomic E-state index is 0. The fraction of sp³-hybridized carbons (Fsp3) is 0.240. The lowest BCUT2D eigenvalue weighted by Crippen LogP contribution is -3.00. The molecule has 0 amide bonds. The highest BCUT2D eigenvalue weighted by Crippen LogP contribution is 2.32. The van der Waals surface area contributed by atoms with Crippen molar-refractivity contribution in [3.05, 3.63) is 82.7 Å². The van der Waals surface area contributed by atoms with Crippen molar-refractivity contribution >= 4 is 28.7 Å². The molecule has 0 fully saturated rings. The Morgan fingerprint density at radius 3 is 2.54 bits per heavy atom. The van der Waals surface area contributed by atoms with Gasteiger partial charge in [0, 0.05) is 41.0 Å². The number of anilines is 1. The van der Waals surface area contributed by atoms with Gasteiger partial charge in [-0.3, -0.25) is 0 Å². The van der Waals surface area contributed by atoms with Crippen molar-refractivity contribution in [2.75, 3.05) is 11.4 Å². The van der Waals surface area contributed by atoms with Gasteiger partial charge in [0.05, 0.1) is 0 Å². The molecule has 0 saturated heterocycles. The van der Waals surface area contributed by atoms with Crippen molar-refractivity contribution in [2.45, 2.75) is 34.2 Å². The Balaban J connectivity index is 0.00000225. The molecule has 0 N–H and O–H groups in total. The number of aromatic nitrogens is 1. The summed E-state index contributed by atoms with van der Waals surface area (Å²) in [4.78, 5) is 2.40. The lowest BCUT2D eigenvalue weighted by atomic mass is 10.0. The molecule has 0 unspecified atom stereocenters. The maximum Gasteiger partial charge on any atom is 0.215 e. The number of allylic oxidation sites excluding steroid dienone is 1. The smallest absolute Gasteiger partial charge is 0.215 e. The summed E-state index contributed by atoms with van der Waals surface area (Å²) in [5, 5.41) is 1.30. The fourth-order valence-electron chi connectivity index (χ4n) is 4.13. The van der Waals surface area contributed by atoms with Crippen molar-refractivity contribution in [3.63, 3.8) is 0 Å². The van der Waals surface area contributed by atoms with Crippen LogP contribution < -0.4 is 33.4 Å². The van der Waals surface area contributed by atoms with Crippen LogP contribution >= 0.6 is 0 Å². The predicted octanol–water partition coefficient (Wildman–Crippen LogP) is 2.66. The summed E-state index contributed by atoms with van der Waals surface area (Å²) in [6.45, 7) is 10.7. The van der Waals surface area contributed by atoms with Crippen LogP contribution in [0.3, 0.4) is 0 Å².